The average Bonchev–Trinajstić information content (AvgIpc) is 3.07. The Morgan fingerprint density at radius 3 is 1.91 bits per heavy atom. The first-order chi connectivity index (χ1) is 11.3. The summed E-state index contributed by atoms with van der Waals surface area (Å²) in [5.74, 6) is 1.47. The third kappa shape index (κ3) is 2.44. The number of benzene rings is 2. The SMILES string of the molecule is C[Si](c1ccccc1)(c1ccccc1)C1CCC2C=CC=CC21. The van der Waals surface area contributed by atoms with E-state index in [1.165, 1.54) is 12.8 Å². The van der Waals surface area contributed by atoms with Crippen LogP contribution in [0.15, 0.2) is 85.0 Å². The summed E-state index contributed by atoms with van der Waals surface area (Å²) in [6.07, 6.45) is 12.1. The van der Waals surface area contributed by atoms with E-state index in [-0.39, 0.29) is 0 Å². The van der Waals surface area contributed by atoms with Crippen LogP contribution in [0.4, 0.5) is 0 Å². The summed E-state index contributed by atoms with van der Waals surface area (Å²) in [5, 5.41) is 3.17. The van der Waals surface area contributed by atoms with E-state index in [0.717, 1.165) is 17.4 Å². The van der Waals surface area contributed by atoms with E-state index in [4.69, 9.17) is 0 Å². The van der Waals surface area contributed by atoms with Crippen LogP contribution in [0.5, 0.6) is 0 Å². The second-order valence-electron chi connectivity index (χ2n) is 7.13. The predicted octanol–water partition coefficient (Wildman–Crippen LogP) is 4.40. The van der Waals surface area contributed by atoms with Crippen LogP contribution in [0, 0.1) is 11.8 Å². The van der Waals surface area contributed by atoms with Crippen molar-refractivity contribution in [2.45, 2.75) is 24.9 Å². The summed E-state index contributed by atoms with van der Waals surface area (Å²) in [4.78, 5) is 0. The monoisotopic (exact) mass is 316 g/mol. The molecule has 3 unspecified atom stereocenters. The Kier molecular flexibility index (Phi) is 3.82. The average molecular weight is 317 g/mol. The van der Waals surface area contributed by atoms with E-state index in [2.05, 4.69) is 91.5 Å². The fourth-order valence-electron chi connectivity index (χ4n) is 4.79. The van der Waals surface area contributed by atoms with E-state index in [1.807, 2.05) is 0 Å². The number of fused-ring (bicyclic) bond motifs is 1. The van der Waals surface area contributed by atoms with Crippen molar-refractivity contribution in [2.75, 3.05) is 0 Å². The molecule has 3 atom stereocenters. The van der Waals surface area contributed by atoms with E-state index in [0.29, 0.717) is 0 Å². The normalized spacial score (nSPS) is 26.2. The summed E-state index contributed by atoms with van der Waals surface area (Å²) in [6.45, 7) is 2.59. The van der Waals surface area contributed by atoms with Crippen molar-refractivity contribution >= 4 is 18.4 Å². The van der Waals surface area contributed by atoms with Crippen molar-refractivity contribution in [1.82, 2.24) is 0 Å². The maximum absolute atomic E-state index is 2.59. The first kappa shape index (κ1) is 14.7. The Morgan fingerprint density at radius 2 is 1.30 bits per heavy atom. The summed E-state index contributed by atoms with van der Waals surface area (Å²) in [5.41, 5.74) is 0.790. The Balaban J connectivity index is 1.84. The Bertz CT molecular complexity index is 675. The number of rotatable bonds is 3. The predicted molar refractivity (Wildman–Crippen MR) is 102 cm³/mol. The quantitative estimate of drug-likeness (QED) is 0.736. The van der Waals surface area contributed by atoms with Gasteiger partial charge in [0.2, 0.25) is 0 Å². The number of allylic oxidation sites excluding steroid dienone is 4. The Labute approximate surface area is 140 Å². The molecule has 1 saturated carbocycles. The molecule has 1 heteroatoms. The second-order valence-corrected chi connectivity index (χ2v) is 11.4. The lowest BCUT2D eigenvalue weighted by Crippen LogP contribution is -2.60. The molecule has 0 amide bonds. The van der Waals surface area contributed by atoms with Gasteiger partial charge < -0.3 is 0 Å². The van der Waals surface area contributed by atoms with Crippen molar-refractivity contribution in [2.24, 2.45) is 11.8 Å². The van der Waals surface area contributed by atoms with Crippen LogP contribution in [0.1, 0.15) is 12.8 Å². The first-order valence-corrected chi connectivity index (χ1v) is 11.3. The van der Waals surface area contributed by atoms with Crippen LogP contribution >= 0.6 is 0 Å². The lowest BCUT2D eigenvalue weighted by molar-refractivity contribution is 0.547. The highest BCUT2D eigenvalue weighted by Gasteiger charge is 2.48. The molecule has 4 rings (SSSR count). The Morgan fingerprint density at radius 1 is 0.739 bits per heavy atom. The molecule has 2 aromatic rings. The van der Waals surface area contributed by atoms with Gasteiger partial charge in [0.1, 0.15) is 8.07 Å². The molecule has 0 radical (unpaired) electrons. The summed E-state index contributed by atoms with van der Waals surface area (Å²) >= 11 is 0. The van der Waals surface area contributed by atoms with Crippen molar-refractivity contribution in [3.05, 3.63) is 85.0 Å². The number of hydrogen-bond donors (Lipinski definition) is 0. The van der Waals surface area contributed by atoms with Gasteiger partial charge >= 0.3 is 0 Å². The molecular weight excluding hydrogens is 292 g/mol. The van der Waals surface area contributed by atoms with Gasteiger partial charge in [-0.2, -0.15) is 0 Å². The molecular formula is C22H24Si. The maximum Gasteiger partial charge on any atom is 0.118 e. The van der Waals surface area contributed by atoms with E-state index in [9.17, 15) is 0 Å². The first-order valence-electron chi connectivity index (χ1n) is 8.76. The zero-order valence-corrected chi connectivity index (χ0v) is 14.7. The molecule has 0 N–H and O–H groups in total. The highest BCUT2D eigenvalue weighted by Crippen LogP contribution is 2.49. The van der Waals surface area contributed by atoms with Crippen LogP contribution < -0.4 is 10.4 Å². The summed E-state index contributed by atoms with van der Waals surface area (Å²) in [7, 11) is -1.76. The van der Waals surface area contributed by atoms with E-state index < -0.39 is 8.07 Å². The molecule has 2 aliphatic carbocycles. The zero-order valence-electron chi connectivity index (χ0n) is 13.7. The third-order valence-electron chi connectivity index (χ3n) is 6.06. The molecule has 2 aromatic carbocycles. The summed E-state index contributed by atoms with van der Waals surface area (Å²) in [6, 6.07) is 22.6. The van der Waals surface area contributed by atoms with E-state index in [1.54, 1.807) is 10.4 Å². The standard InChI is InChI=1S/C22H24Si/c1-23(19-11-4-2-5-12-19,20-13-6-3-7-14-20)22-17-16-18-10-8-9-15-21(18)22/h2-15,18,21-22H,16-17H2,1H3. The maximum atomic E-state index is 2.59. The molecule has 0 heterocycles. The molecule has 2 aliphatic rings. The highest BCUT2D eigenvalue weighted by molar-refractivity contribution is 7.02. The molecule has 0 spiro atoms. The summed E-state index contributed by atoms with van der Waals surface area (Å²) < 4.78 is 0. The molecule has 0 aromatic heterocycles. The lowest BCUT2D eigenvalue weighted by Gasteiger charge is -2.38. The van der Waals surface area contributed by atoms with Gasteiger partial charge in [0, 0.05) is 0 Å². The molecule has 0 saturated heterocycles. The van der Waals surface area contributed by atoms with Crippen molar-refractivity contribution < 1.29 is 0 Å². The van der Waals surface area contributed by atoms with Gasteiger partial charge in [0.25, 0.3) is 0 Å². The van der Waals surface area contributed by atoms with Crippen molar-refractivity contribution in [3.8, 4) is 0 Å². The van der Waals surface area contributed by atoms with Gasteiger partial charge in [-0.1, -0.05) is 108 Å². The largest absolute Gasteiger partial charge is 0.118 e. The highest BCUT2D eigenvalue weighted by atomic mass is 28.3. The van der Waals surface area contributed by atoms with Gasteiger partial charge in [-0.25, -0.2) is 0 Å². The van der Waals surface area contributed by atoms with Gasteiger partial charge in [-0.15, -0.1) is 0 Å². The topological polar surface area (TPSA) is 0 Å². The van der Waals surface area contributed by atoms with Crippen molar-refractivity contribution in [1.29, 1.82) is 0 Å². The van der Waals surface area contributed by atoms with Crippen LogP contribution in [0.25, 0.3) is 0 Å². The zero-order chi connectivity index (χ0) is 15.7. The second kappa shape index (κ2) is 5.97. The third-order valence-corrected chi connectivity index (χ3v) is 11.3. The minimum Gasteiger partial charge on any atom is -0.0808 e. The van der Waals surface area contributed by atoms with Gasteiger partial charge in [0.05, 0.1) is 0 Å². The fourth-order valence-corrected chi connectivity index (χ4v) is 9.62. The van der Waals surface area contributed by atoms with Crippen LogP contribution in [-0.2, 0) is 0 Å². The minimum absolute atomic E-state index is 0.720. The van der Waals surface area contributed by atoms with Crippen molar-refractivity contribution in [3.63, 3.8) is 0 Å². The molecule has 0 bridgehead atoms. The van der Waals surface area contributed by atoms with Crippen LogP contribution in [0.3, 0.4) is 0 Å². The molecule has 1 fully saturated rings. The van der Waals surface area contributed by atoms with E-state index >= 15 is 0 Å². The minimum atomic E-state index is -1.76. The number of hydrogen-bond acceptors (Lipinski definition) is 0. The fraction of sp³-hybridized carbons (Fsp3) is 0.273. The molecule has 23 heavy (non-hydrogen) atoms. The molecule has 116 valence electrons. The van der Waals surface area contributed by atoms with Crippen LogP contribution in [0.2, 0.25) is 12.1 Å². The lowest BCUT2D eigenvalue weighted by atomic mass is 9.92. The van der Waals surface area contributed by atoms with Gasteiger partial charge in [-0.05, 0) is 23.8 Å². The molecule has 0 aliphatic heterocycles. The van der Waals surface area contributed by atoms with Gasteiger partial charge in [0.15, 0.2) is 0 Å². The smallest absolute Gasteiger partial charge is 0.0808 e. The Hall–Kier alpha value is -1.86. The van der Waals surface area contributed by atoms with Crippen LogP contribution in [-0.4, -0.2) is 8.07 Å². The molecule has 0 nitrogen and oxygen atoms in total. The van der Waals surface area contributed by atoms with Gasteiger partial charge in [-0.3, -0.25) is 0 Å².